The third-order valence-corrected chi connectivity index (χ3v) is 2.81. The van der Waals surface area contributed by atoms with Crippen molar-refractivity contribution < 1.29 is 0 Å². The van der Waals surface area contributed by atoms with Crippen molar-refractivity contribution in [2.75, 3.05) is 0 Å². The highest BCUT2D eigenvalue weighted by molar-refractivity contribution is 6.30. The van der Waals surface area contributed by atoms with Crippen molar-refractivity contribution >= 4 is 11.6 Å². The summed E-state index contributed by atoms with van der Waals surface area (Å²) in [5, 5.41) is 4.91. The normalized spacial score (nSPS) is 12.7. The van der Waals surface area contributed by atoms with Gasteiger partial charge in [0.05, 0.1) is 11.7 Å². The fourth-order valence-electron chi connectivity index (χ4n) is 1.74. The highest BCUT2D eigenvalue weighted by Crippen LogP contribution is 2.21. The van der Waals surface area contributed by atoms with Crippen LogP contribution in [0.15, 0.2) is 36.5 Å². The molecule has 0 saturated carbocycles. The quantitative estimate of drug-likeness (QED) is 0.889. The van der Waals surface area contributed by atoms with Gasteiger partial charge in [-0.05, 0) is 30.7 Å². The highest BCUT2D eigenvalue weighted by atomic mass is 35.5. The Balaban J connectivity index is 2.35. The molecule has 2 N–H and O–H groups in total. The van der Waals surface area contributed by atoms with Gasteiger partial charge in [-0.1, -0.05) is 23.7 Å². The zero-order valence-corrected chi connectivity index (χ0v) is 9.85. The molecule has 2 aromatic rings. The minimum atomic E-state index is -0.179. The fourth-order valence-corrected chi connectivity index (χ4v) is 1.94. The molecular formula is C12H14ClN3. The third kappa shape index (κ3) is 2.10. The lowest BCUT2D eigenvalue weighted by Crippen LogP contribution is -2.17. The van der Waals surface area contributed by atoms with Crippen LogP contribution in [0.25, 0.3) is 0 Å². The predicted molar refractivity (Wildman–Crippen MR) is 65.4 cm³/mol. The molecule has 0 bridgehead atoms. The zero-order chi connectivity index (χ0) is 11.5. The number of benzene rings is 1. The molecule has 0 aliphatic rings. The van der Waals surface area contributed by atoms with E-state index in [0.29, 0.717) is 5.02 Å². The number of hydrogen-bond acceptors (Lipinski definition) is 2. The van der Waals surface area contributed by atoms with Crippen LogP contribution in [0, 0.1) is 0 Å². The van der Waals surface area contributed by atoms with Gasteiger partial charge < -0.3 is 5.73 Å². The van der Waals surface area contributed by atoms with Gasteiger partial charge in [0.2, 0.25) is 0 Å². The van der Waals surface area contributed by atoms with Crippen LogP contribution in [0.3, 0.4) is 0 Å². The second kappa shape index (κ2) is 4.68. The molecule has 0 amide bonds. The number of nitrogens with two attached hydrogens (primary N) is 1. The van der Waals surface area contributed by atoms with Gasteiger partial charge in [0.1, 0.15) is 0 Å². The van der Waals surface area contributed by atoms with Crippen molar-refractivity contribution in [3.8, 4) is 0 Å². The SMILES string of the molecule is CCn1nccc1C(N)c1cccc(Cl)c1. The lowest BCUT2D eigenvalue weighted by molar-refractivity contribution is 0.601. The summed E-state index contributed by atoms with van der Waals surface area (Å²) in [7, 11) is 0. The van der Waals surface area contributed by atoms with Crippen molar-refractivity contribution in [3.63, 3.8) is 0 Å². The average molecular weight is 236 g/mol. The van der Waals surface area contributed by atoms with E-state index in [-0.39, 0.29) is 6.04 Å². The van der Waals surface area contributed by atoms with Gasteiger partial charge in [-0.2, -0.15) is 5.10 Å². The minimum absolute atomic E-state index is 0.179. The molecule has 1 aromatic heterocycles. The number of aryl methyl sites for hydroxylation is 1. The van der Waals surface area contributed by atoms with Crippen LogP contribution in [0.5, 0.6) is 0 Å². The molecule has 1 unspecified atom stereocenters. The molecule has 1 aromatic carbocycles. The number of rotatable bonds is 3. The fraction of sp³-hybridized carbons (Fsp3) is 0.250. The van der Waals surface area contributed by atoms with Crippen LogP contribution in [0.1, 0.15) is 24.2 Å². The number of nitrogens with zero attached hydrogens (tertiary/aromatic N) is 2. The van der Waals surface area contributed by atoms with Crippen LogP contribution in [0.4, 0.5) is 0 Å². The molecule has 0 spiro atoms. The smallest absolute Gasteiger partial charge is 0.0723 e. The first kappa shape index (κ1) is 11.2. The first-order chi connectivity index (χ1) is 7.72. The van der Waals surface area contributed by atoms with Gasteiger partial charge in [0.25, 0.3) is 0 Å². The van der Waals surface area contributed by atoms with Crippen molar-refractivity contribution in [2.24, 2.45) is 5.73 Å². The molecule has 1 heterocycles. The van der Waals surface area contributed by atoms with Gasteiger partial charge in [-0.25, -0.2) is 0 Å². The first-order valence-corrected chi connectivity index (χ1v) is 5.63. The molecule has 0 fully saturated rings. The number of halogens is 1. The molecular weight excluding hydrogens is 222 g/mol. The molecule has 16 heavy (non-hydrogen) atoms. The van der Waals surface area contributed by atoms with Gasteiger partial charge in [0, 0.05) is 17.8 Å². The molecule has 4 heteroatoms. The van der Waals surface area contributed by atoms with Crippen LogP contribution in [-0.4, -0.2) is 9.78 Å². The number of hydrogen-bond donors (Lipinski definition) is 1. The maximum Gasteiger partial charge on any atom is 0.0723 e. The molecule has 0 aliphatic heterocycles. The Bertz CT molecular complexity index is 479. The van der Waals surface area contributed by atoms with E-state index in [4.69, 9.17) is 17.3 Å². The van der Waals surface area contributed by atoms with Crippen LogP contribution < -0.4 is 5.73 Å². The van der Waals surface area contributed by atoms with Crippen LogP contribution in [0.2, 0.25) is 5.02 Å². The lowest BCUT2D eigenvalue weighted by atomic mass is 10.0. The molecule has 0 saturated heterocycles. The second-order valence-electron chi connectivity index (χ2n) is 3.60. The molecule has 0 radical (unpaired) electrons. The Kier molecular flexibility index (Phi) is 3.27. The summed E-state index contributed by atoms with van der Waals surface area (Å²) in [6, 6.07) is 9.37. The van der Waals surface area contributed by atoms with Crippen molar-refractivity contribution in [2.45, 2.75) is 19.5 Å². The summed E-state index contributed by atoms with van der Waals surface area (Å²) in [6.07, 6.45) is 1.77. The Hall–Kier alpha value is -1.32. The van der Waals surface area contributed by atoms with Gasteiger partial charge >= 0.3 is 0 Å². The maximum atomic E-state index is 6.19. The Morgan fingerprint density at radius 1 is 1.44 bits per heavy atom. The molecule has 84 valence electrons. The summed E-state index contributed by atoms with van der Waals surface area (Å²) in [4.78, 5) is 0. The minimum Gasteiger partial charge on any atom is -0.319 e. The summed E-state index contributed by atoms with van der Waals surface area (Å²) in [5.41, 5.74) is 8.19. The van der Waals surface area contributed by atoms with Crippen molar-refractivity contribution in [3.05, 3.63) is 52.8 Å². The summed E-state index contributed by atoms with van der Waals surface area (Å²) < 4.78 is 1.89. The van der Waals surface area contributed by atoms with Crippen molar-refractivity contribution in [1.82, 2.24) is 9.78 Å². The molecule has 0 aliphatic carbocycles. The summed E-state index contributed by atoms with van der Waals surface area (Å²) in [6.45, 7) is 2.86. The standard InChI is InChI=1S/C12H14ClN3/c1-2-16-11(6-7-15-16)12(14)9-4-3-5-10(13)8-9/h3-8,12H,2,14H2,1H3. The van der Waals surface area contributed by atoms with E-state index in [1.165, 1.54) is 0 Å². The molecule has 1 atom stereocenters. The first-order valence-electron chi connectivity index (χ1n) is 5.25. The van der Waals surface area contributed by atoms with E-state index in [1.54, 1.807) is 6.20 Å². The monoisotopic (exact) mass is 235 g/mol. The largest absolute Gasteiger partial charge is 0.319 e. The van der Waals surface area contributed by atoms with E-state index >= 15 is 0 Å². The maximum absolute atomic E-state index is 6.19. The Morgan fingerprint density at radius 3 is 2.94 bits per heavy atom. The zero-order valence-electron chi connectivity index (χ0n) is 9.10. The van der Waals surface area contributed by atoms with E-state index < -0.39 is 0 Å². The van der Waals surface area contributed by atoms with E-state index in [0.717, 1.165) is 17.8 Å². The van der Waals surface area contributed by atoms with Crippen LogP contribution >= 0.6 is 11.6 Å². The third-order valence-electron chi connectivity index (χ3n) is 2.58. The van der Waals surface area contributed by atoms with Gasteiger partial charge in [-0.3, -0.25) is 4.68 Å². The second-order valence-corrected chi connectivity index (χ2v) is 4.04. The molecule has 2 rings (SSSR count). The number of aromatic nitrogens is 2. The summed E-state index contributed by atoms with van der Waals surface area (Å²) >= 11 is 5.95. The Labute approximate surface area is 99.8 Å². The van der Waals surface area contributed by atoms with Gasteiger partial charge in [-0.15, -0.1) is 0 Å². The van der Waals surface area contributed by atoms with Gasteiger partial charge in [0.15, 0.2) is 0 Å². The van der Waals surface area contributed by atoms with E-state index in [1.807, 2.05) is 41.9 Å². The van der Waals surface area contributed by atoms with Crippen molar-refractivity contribution in [1.29, 1.82) is 0 Å². The van der Waals surface area contributed by atoms with Crippen LogP contribution in [-0.2, 0) is 6.54 Å². The average Bonchev–Trinajstić information content (AvgIpc) is 2.76. The topological polar surface area (TPSA) is 43.8 Å². The summed E-state index contributed by atoms with van der Waals surface area (Å²) in [5.74, 6) is 0. The highest BCUT2D eigenvalue weighted by Gasteiger charge is 2.13. The Morgan fingerprint density at radius 2 is 2.25 bits per heavy atom. The van der Waals surface area contributed by atoms with E-state index in [2.05, 4.69) is 5.10 Å². The molecule has 3 nitrogen and oxygen atoms in total. The van der Waals surface area contributed by atoms with E-state index in [9.17, 15) is 0 Å². The predicted octanol–water partition coefficient (Wildman–Crippen LogP) is 2.60. The lowest BCUT2D eigenvalue weighted by Gasteiger charge is -2.13.